The van der Waals surface area contributed by atoms with Crippen LogP contribution in [0, 0.1) is 5.92 Å². The predicted molar refractivity (Wildman–Crippen MR) is 98.9 cm³/mol. The highest BCUT2D eigenvalue weighted by atomic mass is 79.9. The molecule has 1 unspecified atom stereocenters. The molecule has 4 heteroatoms. The Labute approximate surface area is 151 Å². The zero-order chi connectivity index (χ0) is 16.8. The molecule has 1 aliphatic rings. The molecule has 3 rings (SSSR count). The van der Waals surface area contributed by atoms with Gasteiger partial charge in [-0.15, -0.1) is 0 Å². The maximum atomic E-state index is 12.7. The highest BCUT2D eigenvalue weighted by Gasteiger charge is 2.25. The van der Waals surface area contributed by atoms with Crippen LogP contribution in [-0.2, 0) is 11.3 Å². The van der Waals surface area contributed by atoms with E-state index in [0.29, 0.717) is 19.1 Å². The molecule has 0 radical (unpaired) electrons. The predicted octanol–water partition coefficient (Wildman–Crippen LogP) is 4.52. The Kier molecular flexibility index (Phi) is 6.05. The van der Waals surface area contributed by atoms with Crippen molar-refractivity contribution < 1.29 is 9.53 Å². The van der Waals surface area contributed by atoms with E-state index >= 15 is 0 Å². The van der Waals surface area contributed by atoms with Gasteiger partial charge in [0.15, 0.2) is 0 Å². The van der Waals surface area contributed by atoms with E-state index in [1.807, 2.05) is 47.4 Å². The highest BCUT2D eigenvalue weighted by molar-refractivity contribution is 9.10. The van der Waals surface area contributed by atoms with E-state index < -0.39 is 0 Å². The van der Waals surface area contributed by atoms with Crippen LogP contribution in [0.5, 0.6) is 0 Å². The molecule has 0 aliphatic carbocycles. The molecule has 1 aliphatic heterocycles. The first kappa shape index (κ1) is 17.2. The lowest BCUT2D eigenvalue weighted by Gasteiger charge is -2.33. The van der Waals surface area contributed by atoms with Crippen LogP contribution in [0.15, 0.2) is 59.1 Å². The molecule has 3 nitrogen and oxygen atoms in total. The van der Waals surface area contributed by atoms with Crippen LogP contribution in [0.1, 0.15) is 28.8 Å². The molecule has 0 spiro atoms. The summed E-state index contributed by atoms with van der Waals surface area (Å²) in [5.74, 6) is 0.518. The van der Waals surface area contributed by atoms with Crippen molar-refractivity contribution in [1.29, 1.82) is 0 Å². The summed E-state index contributed by atoms with van der Waals surface area (Å²) in [4.78, 5) is 14.7. The topological polar surface area (TPSA) is 29.5 Å². The number of ether oxygens (including phenoxy) is 1. The average Bonchev–Trinajstić information content (AvgIpc) is 2.63. The zero-order valence-corrected chi connectivity index (χ0v) is 15.2. The Bertz CT molecular complexity index is 674. The number of piperidine rings is 1. The number of amides is 1. The monoisotopic (exact) mass is 387 g/mol. The third-order valence-electron chi connectivity index (χ3n) is 4.38. The first-order chi connectivity index (χ1) is 11.7. The Balaban J connectivity index is 1.53. The van der Waals surface area contributed by atoms with Gasteiger partial charge in [0.2, 0.25) is 0 Å². The van der Waals surface area contributed by atoms with Gasteiger partial charge in [-0.05, 0) is 52.4 Å². The quantitative estimate of drug-likeness (QED) is 0.754. The summed E-state index contributed by atoms with van der Waals surface area (Å²) in [6, 6.07) is 17.8. The number of nitrogens with zero attached hydrogens (tertiary/aromatic N) is 1. The third-order valence-corrected chi connectivity index (χ3v) is 5.07. The lowest BCUT2D eigenvalue weighted by atomic mass is 9.98. The van der Waals surface area contributed by atoms with Gasteiger partial charge >= 0.3 is 0 Å². The first-order valence-corrected chi connectivity index (χ1v) is 9.19. The fourth-order valence-corrected chi connectivity index (χ4v) is 3.56. The summed E-state index contributed by atoms with van der Waals surface area (Å²) < 4.78 is 6.73. The van der Waals surface area contributed by atoms with Gasteiger partial charge in [-0.1, -0.05) is 42.5 Å². The Hall–Kier alpha value is -1.65. The van der Waals surface area contributed by atoms with E-state index in [9.17, 15) is 4.79 Å². The van der Waals surface area contributed by atoms with Crippen LogP contribution >= 0.6 is 15.9 Å². The van der Waals surface area contributed by atoms with Crippen molar-refractivity contribution >= 4 is 21.8 Å². The summed E-state index contributed by atoms with van der Waals surface area (Å²) in [5, 5.41) is 0. The molecule has 1 amide bonds. The maximum absolute atomic E-state index is 12.7. The lowest BCUT2D eigenvalue weighted by Crippen LogP contribution is -2.41. The Morgan fingerprint density at radius 2 is 1.88 bits per heavy atom. The van der Waals surface area contributed by atoms with Crippen molar-refractivity contribution in [2.24, 2.45) is 5.92 Å². The Morgan fingerprint density at radius 3 is 2.67 bits per heavy atom. The van der Waals surface area contributed by atoms with Crippen LogP contribution in [0.3, 0.4) is 0 Å². The van der Waals surface area contributed by atoms with E-state index in [0.717, 1.165) is 36.0 Å². The lowest BCUT2D eigenvalue weighted by molar-refractivity contribution is 0.0425. The molecular weight excluding hydrogens is 366 g/mol. The minimum absolute atomic E-state index is 0.107. The summed E-state index contributed by atoms with van der Waals surface area (Å²) in [5.41, 5.74) is 1.93. The normalized spacial score (nSPS) is 17.7. The fourth-order valence-electron chi connectivity index (χ4n) is 3.11. The molecule has 0 aromatic heterocycles. The number of hydrogen-bond acceptors (Lipinski definition) is 2. The van der Waals surface area contributed by atoms with Gasteiger partial charge in [0, 0.05) is 17.6 Å². The second-order valence-corrected chi connectivity index (χ2v) is 7.09. The molecule has 0 bridgehead atoms. The van der Waals surface area contributed by atoms with E-state index in [-0.39, 0.29) is 5.91 Å². The van der Waals surface area contributed by atoms with Crippen molar-refractivity contribution in [2.45, 2.75) is 19.4 Å². The SMILES string of the molecule is O=C(c1ccccc1Br)N1CCCC(COCc2ccccc2)C1. The summed E-state index contributed by atoms with van der Waals surface area (Å²) in [6.07, 6.45) is 2.16. The number of hydrogen-bond donors (Lipinski definition) is 0. The molecule has 1 heterocycles. The first-order valence-electron chi connectivity index (χ1n) is 8.39. The number of carbonyl (C=O) groups excluding carboxylic acids is 1. The maximum Gasteiger partial charge on any atom is 0.255 e. The van der Waals surface area contributed by atoms with Gasteiger partial charge in [-0.25, -0.2) is 0 Å². The van der Waals surface area contributed by atoms with E-state index in [1.54, 1.807) is 0 Å². The molecule has 0 N–H and O–H groups in total. The molecule has 1 fully saturated rings. The Morgan fingerprint density at radius 1 is 1.12 bits per heavy atom. The van der Waals surface area contributed by atoms with Crippen LogP contribution in [0.25, 0.3) is 0 Å². The summed E-state index contributed by atoms with van der Waals surface area (Å²) in [7, 11) is 0. The molecule has 24 heavy (non-hydrogen) atoms. The van der Waals surface area contributed by atoms with Crippen LogP contribution in [-0.4, -0.2) is 30.5 Å². The van der Waals surface area contributed by atoms with Crippen molar-refractivity contribution in [3.8, 4) is 0 Å². The largest absolute Gasteiger partial charge is 0.376 e. The smallest absolute Gasteiger partial charge is 0.255 e. The minimum Gasteiger partial charge on any atom is -0.376 e. The average molecular weight is 388 g/mol. The summed E-state index contributed by atoms with van der Waals surface area (Å²) in [6.45, 7) is 2.94. The number of carbonyl (C=O) groups is 1. The van der Waals surface area contributed by atoms with Gasteiger partial charge in [0.25, 0.3) is 5.91 Å². The standard InChI is InChI=1S/C20H22BrNO2/c21-19-11-5-4-10-18(19)20(23)22-12-6-9-17(13-22)15-24-14-16-7-2-1-3-8-16/h1-5,7-8,10-11,17H,6,9,12-15H2. The van der Waals surface area contributed by atoms with Gasteiger partial charge in [-0.3, -0.25) is 4.79 Å². The molecule has 126 valence electrons. The molecule has 0 saturated carbocycles. The second-order valence-electron chi connectivity index (χ2n) is 6.24. The molecule has 2 aromatic rings. The number of halogens is 1. The fraction of sp³-hybridized carbons (Fsp3) is 0.350. The highest BCUT2D eigenvalue weighted by Crippen LogP contribution is 2.23. The minimum atomic E-state index is 0.107. The second kappa shape index (κ2) is 8.45. The van der Waals surface area contributed by atoms with Crippen LogP contribution in [0.2, 0.25) is 0 Å². The van der Waals surface area contributed by atoms with Crippen molar-refractivity contribution in [1.82, 2.24) is 4.90 Å². The molecule has 2 aromatic carbocycles. The van der Waals surface area contributed by atoms with Gasteiger partial charge in [-0.2, -0.15) is 0 Å². The number of likely N-dealkylation sites (tertiary alicyclic amines) is 1. The summed E-state index contributed by atoms with van der Waals surface area (Å²) >= 11 is 3.47. The number of rotatable bonds is 5. The number of benzene rings is 2. The van der Waals surface area contributed by atoms with Gasteiger partial charge in [0.1, 0.15) is 0 Å². The molecule has 1 atom stereocenters. The van der Waals surface area contributed by atoms with Crippen LogP contribution < -0.4 is 0 Å². The van der Waals surface area contributed by atoms with Gasteiger partial charge in [0.05, 0.1) is 18.8 Å². The van der Waals surface area contributed by atoms with E-state index in [4.69, 9.17) is 4.74 Å². The van der Waals surface area contributed by atoms with E-state index in [1.165, 1.54) is 5.56 Å². The van der Waals surface area contributed by atoms with Crippen LogP contribution in [0.4, 0.5) is 0 Å². The van der Waals surface area contributed by atoms with E-state index in [2.05, 4.69) is 28.1 Å². The van der Waals surface area contributed by atoms with Crippen molar-refractivity contribution in [3.05, 3.63) is 70.2 Å². The zero-order valence-electron chi connectivity index (χ0n) is 13.7. The third kappa shape index (κ3) is 4.46. The van der Waals surface area contributed by atoms with Gasteiger partial charge < -0.3 is 9.64 Å². The molecular formula is C20H22BrNO2. The molecule has 1 saturated heterocycles. The van der Waals surface area contributed by atoms with Crippen molar-refractivity contribution in [2.75, 3.05) is 19.7 Å². The van der Waals surface area contributed by atoms with Crippen molar-refractivity contribution in [3.63, 3.8) is 0 Å².